The number of sulfonamides is 1. The summed E-state index contributed by atoms with van der Waals surface area (Å²) in [5.74, 6) is -0.133. The lowest BCUT2D eigenvalue weighted by Crippen LogP contribution is -2.52. The number of rotatable bonds is 13. The first-order valence-corrected chi connectivity index (χ1v) is 16.8. The quantitative estimate of drug-likeness (QED) is 0.293. The van der Waals surface area contributed by atoms with Crippen molar-refractivity contribution in [3.8, 4) is 11.5 Å². The highest BCUT2D eigenvalue weighted by atomic mass is 32.2. The zero-order valence-corrected chi connectivity index (χ0v) is 25.6. The van der Waals surface area contributed by atoms with E-state index in [1.54, 1.807) is 36.4 Å². The Morgan fingerprint density at radius 2 is 1.68 bits per heavy atom. The van der Waals surface area contributed by atoms with Gasteiger partial charge in [0.15, 0.2) is 11.5 Å². The highest BCUT2D eigenvalue weighted by Gasteiger charge is 2.33. The average molecular weight is 624 g/mol. The van der Waals surface area contributed by atoms with Gasteiger partial charge in [0, 0.05) is 43.6 Å². The largest absolute Gasteiger partial charge is 0.454 e. The van der Waals surface area contributed by atoms with Crippen LogP contribution < -0.4 is 19.1 Å². The van der Waals surface area contributed by atoms with Crippen LogP contribution in [0.1, 0.15) is 49.7 Å². The van der Waals surface area contributed by atoms with Gasteiger partial charge >= 0.3 is 0 Å². The highest BCUT2D eigenvalue weighted by Crippen LogP contribution is 2.36. The number of carbonyl (C=O) groups excluding carboxylic acids is 2. The molecule has 0 saturated heterocycles. The summed E-state index contributed by atoms with van der Waals surface area (Å²) in [5, 5.41) is 3.13. The summed E-state index contributed by atoms with van der Waals surface area (Å²) in [6.07, 6.45) is 5.32. The molecule has 1 N–H and O–H groups in total. The van der Waals surface area contributed by atoms with Gasteiger partial charge in [0.05, 0.1) is 11.9 Å². The molecule has 2 aliphatic rings. The van der Waals surface area contributed by atoms with Crippen LogP contribution >= 0.6 is 0 Å². The SMILES string of the molecule is CS(=O)(=O)N(CCCC(=O)N(Cc1ccccc1F)[C@H](Cc1ccccc1)C(=O)NC1CCCC1)c1ccc2c(c1)OCO2. The molecule has 11 heteroatoms. The van der Waals surface area contributed by atoms with Crippen molar-refractivity contribution in [2.45, 2.75) is 63.6 Å². The summed E-state index contributed by atoms with van der Waals surface area (Å²) in [5.41, 5.74) is 1.56. The summed E-state index contributed by atoms with van der Waals surface area (Å²) < 4.78 is 52.3. The van der Waals surface area contributed by atoms with Gasteiger partial charge in [0.2, 0.25) is 28.6 Å². The zero-order chi connectivity index (χ0) is 31.1. The lowest BCUT2D eigenvalue weighted by atomic mass is 10.0. The predicted molar refractivity (Wildman–Crippen MR) is 165 cm³/mol. The van der Waals surface area contributed by atoms with Gasteiger partial charge in [-0.15, -0.1) is 0 Å². The number of benzene rings is 3. The fraction of sp³-hybridized carbons (Fsp3) is 0.394. The van der Waals surface area contributed by atoms with Crippen LogP contribution in [0.25, 0.3) is 0 Å². The predicted octanol–water partition coefficient (Wildman–Crippen LogP) is 4.80. The molecule has 3 aromatic rings. The lowest BCUT2D eigenvalue weighted by Gasteiger charge is -2.33. The van der Waals surface area contributed by atoms with E-state index in [-0.39, 0.29) is 57.0 Å². The molecule has 9 nitrogen and oxygen atoms in total. The van der Waals surface area contributed by atoms with Gasteiger partial charge in [0.1, 0.15) is 11.9 Å². The molecule has 1 atom stereocenters. The molecule has 3 aromatic carbocycles. The van der Waals surface area contributed by atoms with Crippen LogP contribution in [0.15, 0.2) is 72.8 Å². The van der Waals surface area contributed by atoms with Crippen molar-refractivity contribution in [2.24, 2.45) is 0 Å². The molecule has 0 radical (unpaired) electrons. The first kappa shape index (κ1) is 31.3. The van der Waals surface area contributed by atoms with E-state index in [0.29, 0.717) is 22.7 Å². The second kappa shape index (κ2) is 14.1. The third kappa shape index (κ3) is 7.88. The summed E-state index contributed by atoms with van der Waals surface area (Å²) in [4.78, 5) is 29.2. The van der Waals surface area contributed by atoms with Crippen molar-refractivity contribution in [1.82, 2.24) is 10.2 Å². The number of amides is 2. The second-order valence-electron chi connectivity index (χ2n) is 11.3. The average Bonchev–Trinajstić information content (AvgIpc) is 3.69. The third-order valence-electron chi connectivity index (χ3n) is 8.07. The molecule has 1 heterocycles. The van der Waals surface area contributed by atoms with Gasteiger partial charge in [-0.1, -0.05) is 61.4 Å². The maximum absolute atomic E-state index is 14.9. The molecular formula is C33H38FN3O6S. The number of fused-ring (bicyclic) bond motifs is 1. The van der Waals surface area contributed by atoms with E-state index in [2.05, 4.69) is 5.32 Å². The Bertz CT molecular complexity index is 1560. The van der Waals surface area contributed by atoms with Gasteiger partial charge in [-0.2, -0.15) is 0 Å². The molecule has 234 valence electrons. The number of hydrogen-bond acceptors (Lipinski definition) is 6. The maximum atomic E-state index is 14.9. The second-order valence-corrected chi connectivity index (χ2v) is 13.2. The van der Waals surface area contributed by atoms with Crippen LogP contribution in [-0.2, 0) is 32.6 Å². The minimum atomic E-state index is -3.69. The standard InChI is InChI=1S/C33H38FN3O6S/c1-44(40,41)37(27-17-18-30-31(21-27)43-23-42-30)19-9-16-32(38)36(22-25-12-5-8-15-28(25)34)29(20-24-10-3-2-4-11-24)33(39)35-26-13-6-7-14-26/h2-5,8,10-12,15,17-18,21,26,29H,6-7,9,13-14,16,19-20,22-23H2,1H3,(H,35,39)/t29-/m1/s1. The molecule has 0 spiro atoms. The van der Waals surface area contributed by atoms with E-state index in [0.717, 1.165) is 37.5 Å². The Balaban J connectivity index is 1.38. The molecule has 1 aliphatic carbocycles. The topological polar surface area (TPSA) is 105 Å². The van der Waals surface area contributed by atoms with Crippen LogP contribution in [0.3, 0.4) is 0 Å². The molecule has 44 heavy (non-hydrogen) atoms. The number of nitrogens with zero attached hydrogens (tertiary/aromatic N) is 2. The normalized spacial score (nSPS) is 15.1. The smallest absolute Gasteiger partial charge is 0.243 e. The van der Waals surface area contributed by atoms with E-state index in [4.69, 9.17) is 9.47 Å². The van der Waals surface area contributed by atoms with Crippen molar-refractivity contribution in [3.05, 3.63) is 89.7 Å². The molecule has 5 rings (SSSR count). The van der Waals surface area contributed by atoms with Crippen LogP contribution in [0.5, 0.6) is 11.5 Å². The first-order valence-electron chi connectivity index (χ1n) is 14.9. The van der Waals surface area contributed by atoms with E-state index in [1.165, 1.54) is 15.3 Å². The summed E-state index contributed by atoms with van der Waals surface area (Å²) in [6, 6.07) is 19.7. The number of hydrogen-bond donors (Lipinski definition) is 1. The maximum Gasteiger partial charge on any atom is 0.243 e. The number of anilines is 1. The molecule has 0 unspecified atom stereocenters. The van der Waals surface area contributed by atoms with Crippen molar-refractivity contribution in [2.75, 3.05) is 23.9 Å². The summed E-state index contributed by atoms with van der Waals surface area (Å²) in [6.45, 7) is -0.0170. The van der Waals surface area contributed by atoms with E-state index < -0.39 is 21.9 Å². The molecule has 1 aliphatic heterocycles. The number of halogens is 1. The van der Waals surface area contributed by atoms with E-state index in [1.807, 2.05) is 30.3 Å². The van der Waals surface area contributed by atoms with E-state index in [9.17, 15) is 22.4 Å². The monoisotopic (exact) mass is 623 g/mol. The van der Waals surface area contributed by atoms with E-state index >= 15 is 0 Å². The van der Waals surface area contributed by atoms with Crippen LogP contribution in [0.4, 0.5) is 10.1 Å². The Kier molecular flexibility index (Phi) is 10.0. The minimum absolute atomic E-state index is 0.0232. The molecular weight excluding hydrogens is 585 g/mol. The van der Waals surface area contributed by atoms with Crippen LogP contribution in [0, 0.1) is 5.82 Å². The highest BCUT2D eigenvalue weighted by molar-refractivity contribution is 7.92. The Labute approximate surface area is 258 Å². The minimum Gasteiger partial charge on any atom is -0.454 e. The molecule has 1 fully saturated rings. The zero-order valence-electron chi connectivity index (χ0n) is 24.8. The fourth-order valence-corrected chi connectivity index (χ4v) is 6.73. The first-order chi connectivity index (χ1) is 21.2. The van der Waals surface area contributed by atoms with Crippen molar-refractivity contribution in [1.29, 1.82) is 0 Å². The summed E-state index contributed by atoms with van der Waals surface area (Å²) >= 11 is 0. The number of nitrogens with one attached hydrogen (secondary N) is 1. The van der Waals surface area contributed by atoms with Gasteiger partial charge in [-0.3, -0.25) is 13.9 Å². The molecule has 2 amide bonds. The van der Waals surface area contributed by atoms with Crippen molar-refractivity contribution >= 4 is 27.5 Å². The van der Waals surface area contributed by atoms with Gasteiger partial charge in [-0.05, 0) is 43.0 Å². The van der Waals surface area contributed by atoms with Gasteiger partial charge in [-0.25, -0.2) is 12.8 Å². The molecule has 0 aromatic heterocycles. The fourth-order valence-electron chi connectivity index (χ4n) is 5.78. The number of carbonyl (C=O) groups is 2. The third-order valence-corrected chi connectivity index (χ3v) is 9.26. The van der Waals surface area contributed by atoms with Gasteiger partial charge < -0.3 is 19.7 Å². The molecule has 1 saturated carbocycles. The van der Waals surface area contributed by atoms with Crippen molar-refractivity contribution in [3.63, 3.8) is 0 Å². The lowest BCUT2D eigenvalue weighted by molar-refractivity contribution is -0.141. The molecule has 0 bridgehead atoms. The van der Waals surface area contributed by atoms with Crippen molar-refractivity contribution < 1.29 is 31.9 Å². The Morgan fingerprint density at radius 1 is 0.977 bits per heavy atom. The number of ether oxygens (including phenoxy) is 2. The van der Waals surface area contributed by atoms with Gasteiger partial charge in [0.25, 0.3) is 0 Å². The Hall–Kier alpha value is -4.12. The Morgan fingerprint density at radius 3 is 2.41 bits per heavy atom. The van der Waals surface area contributed by atoms with Crippen LogP contribution in [-0.4, -0.2) is 56.8 Å². The summed E-state index contributed by atoms with van der Waals surface area (Å²) in [7, 11) is -3.69. The van der Waals surface area contributed by atoms with Crippen LogP contribution in [0.2, 0.25) is 0 Å².